The first-order valence-corrected chi connectivity index (χ1v) is 12.4. The second kappa shape index (κ2) is 9.04. The summed E-state index contributed by atoms with van der Waals surface area (Å²) in [6.45, 7) is 7.42. The summed E-state index contributed by atoms with van der Waals surface area (Å²) in [5.41, 5.74) is 9.34. The molecule has 1 amide bonds. The van der Waals surface area contributed by atoms with Gasteiger partial charge in [0, 0.05) is 16.7 Å². The number of carbonyl (C=O) groups excluding carboxylic acids is 1. The van der Waals surface area contributed by atoms with E-state index >= 15 is 0 Å². The van der Waals surface area contributed by atoms with E-state index in [1.165, 1.54) is 6.07 Å². The van der Waals surface area contributed by atoms with Gasteiger partial charge in [0.1, 0.15) is 22.6 Å². The number of fused-ring (bicyclic) bond motifs is 2. The molecule has 1 atom stereocenters. The van der Waals surface area contributed by atoms with E-state index < -0.39 is 12.0 Å². The van der Waals surface area contributed by atoms with Crippen molar-refractivity contribution in [3.8, 4) is 17.1 Å². The quantitative estimate of drug-likeness (QED) is 0.274. The highest BCUT2D eigenvalue weighted by atomic mass is 35.5. The number of hydrogen-bond acceptors (Lipinski definition) is 7. The predicted molar refractivity (Wildman–Crippen MR) is 142 cm³/mol. The number of benzene rings is 2. The summed E-state index contributed by atoms with van der Waals surface area (Å²) in [5.74, 6) is -0.0951. The number of halogens is 1. The van der Waals surface area contributed by atoms with Crippen molar-refractivity contribution in [3.63, 3.8) is 0 Å². The molecule has 0 aliphatic rings. The van der Waals surface area contributed by atoms with Gasteiger partial charge < -0.3 is 14.9 Å². The summed E-state index contributed by atoms with van der Waals surface area (Å²) in [4.78, 5) is 33.9. The first kappa shape index (κ1) is 24.0. The Hall–Kier alpha value is -3.75. The Labute approximate surface area is 215 Å². The lowest BCUT2D eigenvalue weighted by Gasteiger charge is -2.19. The van der Waals surface area contributed by atoms with Crippen molar-refractivity contribution in [1.29, 1.82) is 0 Å². The van der Waals surface area contributed by atoms with Crippen LogP contribution in [-0.2, 0) is 0 Å². The minimum absolute atomic E-state index is 0.0730. The fourth-order valence-corrected chi connectivity index (χ4v) is 5.23. The number of nitrogens with zero attached hydrogens (tertiary/aromatic N) is 2. The first-order chi connectivity index (χ1) is 17.1. The highest BCUT2D eigenvalue weighted by molar-refractivity contribution is 7.18. The normalized spacial score (nSPS) is 12.2. The molecule has 3 aromatic heterocycles. The Balaban J connectivity index is 1.67. The van der Waals surface area contributed by atoms with Crippen LogP contribution in [0.2, 0.25) is 5.15 Å². The molecule has 0 fully saturated rings. The smallest absolute Gasteiger partial charge is 0.271 e. The van der Waals surface area contributed by atoms with E-state index in [2.05, 4.69) is 9.97 Å². The lowest BCUT2D eigenvalue weighted by molar-refractivity contribution is 0.0988. The molecule has 0 radical (unpaired) electrons. The molecule has 0 spiro atoms. The minimum Gasteiger partial charge on any atom is -0.483 e. The summed E-state index contributed by atoms with van der Waals surface area (Å²) in [5, 5.41) is 1.55. The third kappa shape index (κ3) is 4.23. The van der Waals surface area contributed by atoms with Crippen LogP contribution in [0.5, 0.6) is 5.75 Å². The molecule has 0 bridgehead atoms. The molecule has 7 nitrogen and oxygen atoms in total. The molecule has 5 aromatic rings. The summed E-state index contributed by atoms with van der Waals surface area (Å²) in [6.07, 6.45) is -0.601. The highest BCUT2D eigenvalue weighted by Gasteiger charge is 2.22. The van der Waals surface area contributed by atoms with Gasteiger partial charge in [-0.2, -0.15) is 0 Å². The third-order valence-electron chi connectivity index (χ3n) is 5.95. The molecule has 0 unspecified atom stereocenters. The van der Waals surface area contributed by atoms with Gasteiger partial charge >= 0.3 is 0 Å². The maximum absolute atomic E-state index is 13.5. The molecule has 9 heteroatoms. The van der Waals surface area contributed by atoms with Crippen LogP contribution in [0.1, 0.15) is 45.2 Å². The van der Waals surface area contributed by atoms with Crippen LogP contribution in [-0.4, -0.2) is 15.9 Å². The van der Waals surface area contributed by atoms with E-state index in [9.17, 15) is 9.59 Å². The van der Waals surface area contributed by atoms with Crippen LogP contribution in [0.25, 0.3) is 32.5 Å². The van der Waals surface area contributed by atoms with Crippen LogP contribution in [0.4, 0.5) is 0 Å². The van der Waals surface area contributed by atoms with Gasteiger partial charge in [-0.15, -0.1) is 11.3 Å². The monoisotopic (exact) mass is 519 g/mol. The summed E-state index contributed by atoms with van der Waals surface area (Å²) < 4.78 is 13.6. The maximum atomic E-state index is 13.5. The number of nitrogens with two attached hydrogens (primary N) is 1. The Morgan fingerprint density at radius 1 is 1.11 bits per heavy atom. The average Bonchev–Trinajstić information content (AvgIpc) is 3.21. The zero-order valence-corrected chi connectivity index (χ0v) is 21.6. The number of thiazole rings is 1. The Morgan fingerprint density at radius 3 is 2.64 bits per heavy atom. The Morgan fingerprint density at radius 2 is 1.89 bits per heavy atom. The van der Waals surface area contributed by atoms with Crippen molar-refractivity contribution in [2.45, 2.75) is 33.8 Å². The largest absolute Gasteiger partial charge is 0.483 e. The number of aryl methyl sites for hydroxylation is 2. The molecule has 36 heavy (non-hydrogen) atoms. The fourth-order valence-electron chi connectivity index (χ4n) is 4.28. The van der Waals surface area contributed by atoms with Crippen LogP contribution >= 0.6 is 22.9 Å². The van der Waals surface area contributed by atoms with Crippen molar-refractivity contribution in [2.75, 3.05) is 0 Å². The Kier molecular flexibility index (Phi) is 6.02. The number of hydrogen-bond donors (Lipinski definition) is 1. The van der Waals surface area contributed by atoms with Gasteiger partial charge in [-0.1, -0.05) is 11.6 Å². The van der Waals surface area contributed by atoms with Crippen molar-refractivity contribution >= 4 is 50.0 Å². The molecule has 3 heterocycles. The van der Waals surface area contributed by atoms with Crippen LogP contribution in [0.3, 0.4) is 0 Å². The van der Waals surface area contributed by atoms with Crippen molar-refractivity contribution in [3.05, 3.63) is 85.2 Å². The predicted octanol–water partition coefficient (Wildman–Crippen LogP) is 6.28. The van der Waals surface area contributed by atoms with Crippen molar-refractivity contribution < 1.29 is 13.9 Å². The van der Waals surface area contributed by atoms with Gasteiger partial charge in [0.05, 0.1) is 20.6 Å². The Bertz CT molecular complexity index is 1740. The van der Waals surface area contributed by atoms with Gasteiger partial charge in [0.25, 0.3) is 5.91 Å². The van der Waals surface area contributed by atoms with Gasteiger partial charge in [-0.05, 0) is 75.7 Å². The van der Waals surface area contributed by atoms with E-state index in [-0.39, 0.29) is 22.0 Å². The highest BCUT2D eigenvalue weighted by Crippen LogP contribution is 2.35. The van der Waals surface area contributed by atoms with Gasteiger partial charge in [-0.25, -0.2) is 9.97 Å². The van der Waals surface area contributed by atoms with E-state index in [1.807, 2.05) is 38.1 Å². The van der Waals surface area contributed by atoms with Gasteiger partial charge in [-0.3, -0.25) is 9.59 Å². The third-order valence-corrected chi connectivity index (χ3v) is 7.11. The van der Waals surface area contributed by atoms with Gasteiger partial charge in [0.2, 0.25) is 0 Å². The summed E-state index contributed by atoms with van der Waals surface area (Å²) >= 11 is 7.54. The fraction of sp³-hybridized carbons (Fsp3) is 0.185. The second-order valence-corrected chi connectivity index (χ2v) is 10.3. The molecule has 2 N–H and O–H groups in total. The summed E-state index contributed by atoms with van der Waals surface area (Å²) in [7, 11) is 0. The summed E-state index contributed by atoms with van der Waals surface area (Å²) in [6, 6.07) is 12.6. The lowest BCUT2D eigenvalue weighted by atomic mass is 10.00. The van der Waals surface area contributed by atoms with Crippen LogP contribution in [0, 0.1) is 20.8 Å². The number of carbonyl (C=O) groups is 1. The number of aromatic nitrogens is 2. The van der Waals surface area contributed by atoms with E-state index in [1.54, 1.807) is 37.3 Å². The molecule has 0 saturated heterocycles. The molecule has 0 aliphatic carbocycles. The standard InChI is InChI=1S/C27H22ClN3O4S/c1-12-9-17(14(3)34-20-6-8-22(28)31-23(20)27(29)33)26-18(10-12)24(32)13(2)25(35-26)16-5-7-21-19(11-16)30-15(4)36-21/h5-11,14H,1-4H3,(H2,29,33)/t14-/m1/s1. The molecular weight excluding hydrogens is 498 g/mol. The SMILES string of the molecule is Cc1cc([C@@H](C)Oc2ccc(Cl)nc2C(N)=O)c2oc(-c3ccc4sc(C)nc4c3)c(C)c(=O)c2c1. The average molecular weight is 520 g/mol. The second-order valence-electron chi connectivity index (χ2n) is 8.64. The number of amides is 1. The number of primary amides is 1. The zero-order valence-electron chi connectivity index (χ0n) is 20.0. The van der Waals surface area contributed by atoms with E-state index in [0.717, 1.165) is 26.4 Å². The van der Waals surface area contributed by atoms with E-state index in [0.29, 0.717) is 27.9 Å². The molecule has 182 valence electrons. The minimum atomic E-state index is -0.758. The molecule has 5 rings (SSSR count). The van der Waals surface area contributed by atoms with E-state index in [4.69, 9.17) is 26.5 Å². The van der Waals surface area contributed by atoms with Crippen LogP contribution in [0.15, 0.2) is 51.7 Å². The van der Waals surface area contributed by atoms with Gasteiger partial charge in [0.15, 0.2) is 16.9 Å². The lowest BCUT2D eigenvalue weighted by Crippen LogP contribution is -2.17. The first-order valence-electron chi connectivity index (χ1n) is 11.2. The van der Waals surface area contributed by atoms with Crippen molar-refractivity contribution in [1.82, 2.24) is 9.97 Å². The maximum Gasteiger partial charge on any atom is 0.271 e. The zero-order chi connectivity index (χ0) is 25.7. The van der Waals surface area contributed by atoms with Crippen LogP contribution < -0.4 is 15.9 Å². The number of ether oxygens (including phenoxy) is 1. The molecule has 0 aliphatic heterocycles. The number of rotatable bonds is 5. The molecular formula is C27H22ClN3O4S. The molecule has 2 aromatic carbocycles. The topological polar surface area (TPSA) is 108 Å². The molecule has 0 saturated carbocycles. The number of pyridine rings is 1. The van der Waals surface area contributed by atoms with Crippen molar-refractivity contribution in [2.24, 2.45) is 5.73 Å².